The van der Waals surface area contributed by atoms with E-state index in [1.807, 2.05) is 24.3 Å². The third-order valence-corrected chi connectivity index (χ3v) is 2.88. The third kappa shape index (κ3) is 2.96. The van der Waals surface area contributed by atoms with E-state index < -0.39 is 0 Å². The average Bonchev–Trinajstić information content (AvgIpc) is 2.64. The van der Waals surface area contributed by atoms with E-state index in [0.29, 0.717) is 13.0 Å². The molecule has 0 aromatic heterocycles. The SMILES string of the molecule is O=C1CCC(COc2ccc(Br)cc2)N1. The molecule has 80 valence electrons. The van der Waals surface area contributed by atoms with Gasteiger partial charge in [-0.15, -0.1) is 0 Å². The predicted octanol–water partition coefficient (Wildman–Crippen LogP) is 2.11. The van der Waals surface area contributed by atoms with Gasteiger partial charge in [-0.1, -0.05) is 15.9 Å². The van der Waals surface area contributed by atoms with Crippen molar-refractivity contribution in [3.8, 4) is 5.75 Å². The molecule has 1 unspecified atom stereocenters. The van der Waals surface area contributed by atoms with Gasteiger partial charge in [-0.05, 0) is 30.7 Å². The molecular weight excluding hydrogens is 258 g/mol. The number of carbonyl (C=O) groups is 1. The molecule has 1 saturated heterocycles. The monoisotopic (exact) mass is 269 g/mol. The van der Waals surface area contributed by atoms with Crippen molar-refractivity contribution < 1.29 is 9.53 Å². The highest BCUT2D eigenvalue weighted by molar-refractivity contribution is 9.10. The number of carbonyl (C=O) groups excluding carboxylic acids is 1. The molecule has 1 aromatic rings. The first-order valence-corrected chi connectivity index (χ1v) is 5.71. The molecule has 15 heavy (non-hydrogen) atoms. The van der Waals surface area contributed by atoms with Crippen molar-refractivity contribution in [3.63, 3.8) is 0 Å². The summed E-state index contributed by atoms with van der Waals surface area (Å²) in [6.07, 6.45) is 1.49. The second kappa shape index (κ2) is 4.66. The predicted molar refractivity (Wildman–Crippen MR) is 60.8 cm³/mol. The van der Waals surface area contributed by atoms with Gasteiger partial charge in [0.1, 0.15) is 12.4 Å². The van der Waals surface area contributed by atoms with Crippen LogP contribution in [0.15, 0.2) is 28.7 Å². The molecule has 1 N–H and O–H groups in total. The largest absolute Gasteiger partial charge is 0.491 e. The molecular formula is C11H12BrNO2. The summed E-state index contributed by atoms with van der Waals surface area (Å²) in [5.41, 5.74) is 0. The number of hydrogen-bond donors (Lipinski definition) is 1. The van der Waals surface area contributed by atoms with E-state index in [1.165, 1.54) is 0 Å². The molecule has 3 nitrogen and oxygen atoms in total. The maximum Gasteiger partial charge on any atom is 0.220 e. The Morgan fingerprint density at radius 3 is 2.73 bits per heavy atom. The number of hydrogen-bond acceptors (Lipinski definition) is 2. The van der Waals surface area contributed by atoms with Gasteiger partial charge in [0, 0.05) is 10.9 Å². The zero-order chi connectivity index (χ0) is 10.7. The maximum atomic E-state index is 10.9. The van der Waals surface area contributed by atoms with Gasteiger partial charge >= 0.3 is 0 Å². The van der Waals surface area contributed by atoms with Gasteiger partial charge < -0.3 is 10.1 Å². The maximum absolute atomic E-state index is 10.9. The molecule has 1 amide bonds. The Morgan fingerprint density at radius 2 is 2.13 bits per heavy atom. The number of benzene rings is 1. The fraction of sp³-hybridized carbons (Fsp3) is 0.364. The Bertz CT molecular complexity index is 350. The van der Waals surface area contributed by atoms with Gasteiger partial charge in [0.2, 0.25) is 5.91 Å². The molecule has 1 atom stereocenters. The minimum atomic E-state index is 0.124. The van der Waals surface area contributed by atoms with Crippen LogP contribution in [-0.4, -0.2) is 18.6 Å². The Morgan fingerprint density at radius 1 is 1.40 bits per heavy atom. The number of halogens is 1. The lowest BCUT2D eigenvalue weighted by atomic mass is 10.2. The number of nitrogens with one attached hydrogen (secondary N) is 1. The summed E-state index contributed by atoms with van der Waals surface area (Å²) < 4.78 is 6.59. The van der Waals surface area contributed by atoms with Crippen molar-refractivity contribution in [2.75, 3.05) is 6.61 Å². The highest BCUT2D eigenvalue weighted by Crippen LogP contribution is 2.17. The Kier molecular flexibility index (Phi) is 3.26. The van der Waals surface area contributed by atoms with Gasteiger partial charge in [0.15, 0.2) is 0 Å². The van der Waals surface area contributed by atoms with Crippen LogP contribution in [0.25, 0.3) is 0 Å². The van der Waals surface area contributed by atoms with Gasteiger partial charge in [-0.2, -0.15) is 0 Å². The van der Waals surface area contributed by atoms with E-state index in [2.05, 4.69) is 21.2 Å². The van der Waals surface area contributed by atoms with Crippen LogP contribution in [0.1, 0.15) is 12.8 Å². The number of rotatable bonds is 3. The smallest absolute Gasteiger partial charge is 0.220 e. The summed E-state index contributed by atoms with van der Waals surface area (Å²) in [6, 6.07) is 7.84. The van der Waals surface area contributed by atoms with Crippen LogP contribution in [0, 0.1) is 0 Å². The molecule has 1 aromatic carbocycles. The minimum absolute atomic E-state index is 0.124. The van der Waals surface area contributed by atoms with Crippen molar-refractivity contribution >= 4 is 21.8 Å². The summed E-state index contributed by atoms with van der Waals surface area (Å²) >= 11 is 3.36. The normalized spacial score (nSPS) is 20.1. The molecule has 0 aliphatic carbocycles. The minimum Gasteiger partial charge on any atom is -0.491 e. The zero-order valence-electron chi connectivity index (χ0n) is 8.20. The molecule has 0 bridgehead atoms. The quantitative estimate of drug-likeness (QED) is 0.913. The molecule has 1 aliphatic heterocycles. The van der Waals surface area contributed by atoms with Gasteiger partial charge in [0.25, 0.3) is 0 Å². The standard InChI is InChI=1S/C11H12BrNO2/c12-8-1-4-10(5-2-8)15-7-9-3-6-11(14)13-9/h1-2,4-5,9H,3,6-7H2,(H,13,14). The summed E-state index contributed by atoms with van der Waals surface area (Å²) in [4.78, 5) is 10.9. The Labute approximate surface area is 96.9 Å². The van der Waals surface area contributed by atoms with Gasteiger partial charge in [-0.25, -0.2) is 0 Å². The first kappa shape index (κ1) is 10.5. The van der Waals surface area contributed by atoms with E-state index >= 15 is 0 Å². The number of amides is 1. The molecule has 1 fully saturated rings. The Balaban J connectivity index is 1.83. The van der Waals surface area contributed by atoms with Gasteiger partial charge in [0.05, 0.1) is 6.04 Å². The van der Waals surface area contributed by atoms with Crippen LogP contribution in [0.2, 0.25) is 0 Å². The van der Waals surface area contributed by atoms with Crippen LogP contribution in [0.4, 0.5) is 0 Å². The molecule has 1 heterocycles. The first-order chi connectivity index (χ1) is 7.24. The summed E-state index contributed by atoms with van der Waals surface area (Å²) in [5.74, 6) is 0.957. The fourth-order valence-corrected chi connectivity index (χ4v) is 1.79. The van der Waals surface area contributed by atoms with Crippen molar-refractivity contribution in [3.05, 3.63) is 28.7 Å². The van der Waals surface area contributed by atoms with Crippen molar-refractivity contribution in [1.82, 2.24) is 5.32 Å². The lowest BCUT2D eigenvalue weighted by Crippen LogP contribution is -2.30. The van der Waals surface area contributed by atoms with Crippen LogP contribution in [-0.2, 0) is 4.79 Å². The fourth-order valence-electron chi connectivity index (χ4n) is 1.53. The molecule has 0 radical (unpaired) electrons. The van der Waals surface area contributed by atoms with E-state index in [-0.39, 0.29) is 11.9 Å². The Hall–Kier alpha value is -1.03. The van der Waals surface area contributed by atoms with Crippen LogP contribution in [0.5, 0.6) is 5.75 Å². The molecule has 0 spiro atoms. The van der Waals surface area contributed by atoms with Crippen molar-refractivity contribution in [2.45, 2.75) is 18.9 Å². The average molecular weight is 270 g/mol. The van der Waals surface area contributed by atoms with E-state index in [4.69, 9.17) is 4.74 Å². The lowest BCUT2D eigenvalue weighted by Gasteiger charge is -2.11. The number of ether oxygens (including phenoxy) is 1. The molecule has 0 saturated carbocycles. The third-order valence-electron chi connectivity index (χ3n) is 2.35. The topological polar surface area (TPSA) is 38.3 Å². The van der Waals surface area contributed by atoms with Crippen LogP contribution in [0.3, 0.4) is 0 Å². The van der Waals surface area contributed by atoms with E-state index in [1.54, 1.807) is 0 Å². The zero-order valence-corrected chi connectivity index (χ0v) is 9.79. The first-order valence-electron chi connectivity index (χ1n) is 4.92. The highest BCUT2D eigenvalue weighted by Gasteiger charge is 2.20. The van der Waals surface area contributed by atoms with Crippen molar-refractivity contribution in [1.29, 1.82) is 0 Å². The summed E-state index contributed by atoms with van der Waals surface area (Å²) in [6.45, 7) is 0.549. The van der Waals surface area contributed by atoms with E-state index in [0.717, 1.165) is 16.6 Å². The second-order valence-corrected chi connectivity index (χ2v) is 4.48. The van der Waals surface area contributed by atoms with E-state index in [9.17, 15) is 4.79 Å². The highest BCUT2D eigenvalue weighted by atomic mass is 79.9. The molecule has 4 heteroatoms. The summed E-state index contributed by atoms with van der Waals surface area (Å²) in [5, 5.41) is 2.86. The molecule has 1 aliphatic rings. The van der Waals surface area contributed by atoms with Crippen LogP contribution >= 0.6 is 15.9 Å². The molecule has 2 rings (SSSR count). The van der Waals surface area contributed by atoms with Gasteiger partial charge in [-0.3, -0.25) is 4.79 Å². The summed E-state index contributed by atoms with van der Waals surface area (Å²) in [7, 11) is 0. The second-order valence-electron chi connectivity index (χ2n) is 3.57. The van der Waals surface area contributed by atoms with Crippen molar-refractivity contribution in [2.24, 2.45) is 0 Å². The van der Waals surface area contributed by atoms with Crippen LogP contribution < -0.4 is 10.1 Å². The lowest BCUT2D eigenvalue weighted by molar-refractivity contribution is -0.119.